The van der Waals surface area contributed by atoms with Crippen molar-refractivity contribution in [1.29, 1.82) is 0 Å². The molecule has 0 aliphatic carbocycles. The Morgan fingerprint density at radius 2 is 1.81 bits per heavy atom. The van der Waals surface area contributed by atoms with Crippen molar-refractivity contribution in [2.45, 2.75) is 13.5 Å². The van der Waals surface area contributed by atoms with Crippen molar-refractivity contribution >= 4 is 22.5 Å². The smallest absolute Gasteiger partial charge is 0.163 e. The number of aromatic nitrogens is 1. The second-order valence-electron chi connectivity index (χ2n) is 6.19. The van der Waals surface area contributed by atoms with Crippen LogP contribution in [-0.2, 0) is 6.61 Å². The number of aryl methyl sites for hydroxylation is 1. The first-order valence-corrected chi connectivity index (χ1v) is 8.93. The lowest BCUT2D eigenvalue weighted by molar-refractivity contribution is 0.285. The predicted molar refractivity (Wildman–Crippen MR) is 107 cm³/mol. The van der Waals surface area contributed by atoms with Crippen LogP contribution >= 0.6 is 11.6 Å². The summed E-state index contributed by atoms with van der Waals surface area (Å²) in [5.74, 6) is 2.73. The summed E-state index contributed by atoms with van der Waals surface area (Å²) >= 11 is 6.50. The lowest BCUT2D eigenvalue weighted by Crippen LogP contribution is -1.98. The van der Waals surface area contributed by atoms with E-state index in [0.717, 1.165) is 22.2 Å². The van der Waals surface area contributed by atoms with Gasteiger partial charge in [-0.1, -0.05) is 41.9 Å². The monoisotopic (exact) mass is 379 g/mol. The minimum Gasteiger partial charge on any atom is -0.493 e. The average molecular weight is 380 g/mol. The number of hydrogen-bond donors (Lipinski definition) is 0. The summed E-state index contributed by atoms with van der Waals surface area (Å²) in [6.45, 7) is 2.33. The van der Waals surface area contributed by atoms with Crippen LogP contribution in [0.5, 0.6) is 11.5 Å². The van der Waals surface area contributed by atoms with E-state index < -0.39 is 0 Å². The first kappa shape index (κ1) is 17.4. The normalized spacial score (nSPS) is 10.9. The van der Waals surface area contributed by atoms with Crippen LogP contribution in [0.4, 0.5) is 0 Å². The van der Waals surface area contributed by atoms with Gasteiger partial charge in [-0.2, -0.15) is 0 Å². The average Bonchev–Trinajstić information content (AvgIpc) is 3.13. The second kappa shape index (κ2) is 7.33. The molecule has 0 aliphatic heterocycles. The highest BCUT2D eigenvalue weighted by atomic mass is 35.5. The van der Waals surface area contributed by atoms with Gasteiger partial charge in [0.1, 0.15) is 18.1 Å². The molecular formula is C22H18ClNO3. The van der Waals surface area contributed by atoms with Crippen LogP contribution in [0, 0.1) is 6.92 Å². The lowest BCUT2D eigenvalue weighted by atomic mass is 10.1. The number of furan rings is 1. The molecule has 0 radical (unpaired) electrons. The zero-order chi connectivity index (χ0) is 18.8. The molecule has 0 spiro atoms. The number of ether oxygens (including phenoxy) is 2. The van der Waals surface area contributed by atoms with Crippen molar-refractivity contribution in [3.05, 3.63) is 77.0 Å². The van der Waals surface area contributed by atoms with Crippen molar-refractivity contribution in [3.8, 4) is 23.0 Å². The van der Waals surface area contributed by atoms with E-state index in [2.05, 4.69) is 0 Å². The lowest BCUT2D eigenvalue weighted by Gasteiger charge is -2.13. The van der Waals surface area contributed by atoms with Gasteiger partial charge >= 0.3 is 0 Å². The standard InChI is InChI=1S/C22H18ClNO3/c1-14-8-9-20(27-14)19-11-17(23)16-10-21(25-2)22(12-18(16)24-19)26-13-15-6-4-3-5-7-15/h3-12H,13H2,1-2H3. The third-order valence-electron chi connectivity index (χ3n) is 4.27. The van der Waals surface area contributed by atoms with Gasteiger partial charge in [-0.05, 0) is 36.8 Å². The Hall–Kier alpha value is -2.98. The summed E-state index contributed by atoms with van der Waals surface area (Å²) in [5.41, 5.74) is 2.47. The highest BCUT2D eigenvalue weighted by molar-refractivity contribution is 6.35. The van der Waals surface area contributed by atoms with Gasteiger partial charge in [-0.3, -0.25) is 0 Å². The maximum Gasteiger partial charge on any atom is 0.163 e. The van der Waals surface area contributed by atoms with E-state index in [1.807, 2.05) is 61.5 Å². The summed E-state index contributed by atoms with van der Waals surface area (Å²) < 4.78 is 17.1. The van der Waals surface area contributed by atoms with Crippen LogP contribution < -0.4 is 9.47 Å². The van der Waals surface area contributed by atoms with E-state index in [1.165, 1.54) is 0 Å². The maximum absolute atomic E-state index is 6.50. The summed E-state index contributed by atoms with van der Waals surface area (Å²) in [4.78, 5) is 4.70. The Bertz CT molecular complexity index is 1090. The third kappa shape index (κ3) is 3.62. The molecule has 4 nitrogen and oxygen atoms in total. The fourth-order valence-electron chi connectivity index (χ4n) is 2.90. The van der Waals surface area contributed by atoms with Crippen molar-refractivity contribution in [1.82, 2.24) is 4.98 Å². The van der Waals surface area contributed by atoms with E-state index in [-0.39, 0.29) is 0 Å². The Kier molecular flexibility index (Phi) is 4.73. The Morgan fingerprint density at radius 3 is 2.52 bits per heavy atom. The molecule has 0 saturated heterocycles. The molecule has 5 heteroatoms. The van der Waals surface area contributed by atoms with Gasteiger partial charge in [0.15, 0.2) is 17.3 Å². The SMILES string of the molecule is COc1cc2c(Cl)cc(-c3ccc(C)o3)nc2cc1OCc1ccccc1. The Labute approximate surface area is 162 Å². The Morgan fingerprint density at radius 1 is 1.00 bits per heavy atom. The molecule has 0 aliphatic rings. The van der Waals surface area contributed by atoms with Gasteiger partial charge in [0.2, 0.25) is 0 Å². The number of halogens is 1. The number of pyridine rings is 1. The van der Waals surface area contributed by atoms with E-state index in [0.29, 0.717) is 34.6 Å². The summed E-state index contributed by atoms with van der Waals surface area (Å²) in [6.07, 6.45) is 0. The zero-order valence-electron chi connectivity index (χ0n) is 15.0. The molecule has 0 unspecified atom stereocenters. The quantitative estimate of drug-likeness (QED) is 0.423. The van der Waals surface area contributed by atoms with Crippen LogP contribution in [0.1, 0.15) is 11.3 Å². The number of hydrogen-bond acceptors (Lipinski definition) is 4. The number of nitrogens with zero attached hydrogens (tertiary/aromatic N) is 1. The highest BCUT2D eigenvalue weighted by Gasteiger charge is 2.14. The summed E-state index contributed by atoms with van der Waals surface area (Å²) in [6, 6.07) is 19.2. The molecule has 27 heavy (non-hydrogen) atoms. The van der Waals surface area contributed by atoms with Crippen LogP contribution in [0.15, 0.2) is 65.1 Å². The van der Waals surface area contributed by atoms with Crippen molar-refractivity contribution in [3.63, 3.8) is 0 Å². The van der Waals surface area contributed by atoms with Crippen LogP contribution in [0.25, 0.3) is 22.4 Å². The number of methoxy groups -OCH3 is 1. The molecule has 0 amide bonds. The van der Waals surface area contributed by atoms with Gasteiger partial charge in [-0.25, -0.2) is 4.98 Å². The third-order valence-corrected chi connectivity index (χ3v) is 4.59. The van der Waals surface area contributed by atoms with Crippen LogP contribution in [0.3, 0.4) is 0 Å². The highest BCUT2D eigenvalue weighted by Crippen LogP contribution is 2.37. The number of benzene rings is 2. The van der Waals surface area contributed by atoms with Gasteiger partial charge < -0.3 is 13.9 Å². The molecule has 136 valence electrons. The van der Waals surface area contributed by atoms with E-state index in [1.54, 1.807) is 13.2 Å². The van der Waals surface area contributed by atoms with Crippen LogP contribution in [0.2, 0.25) is 5.02 Å². The largest absolute Gasteiger partial charge is 0.493 e. The zero-order valence-corrected chi connectivity index (χ0v) is 15.8. The minimum atomic E-state index is 0.438. The molecule has 2 aromatic heterocycles. The molecule has 4 rings (SSSR count). The molecule has 0 saturated carbocycles. The molecule has 2 aromatic carbocycles. The van der Waals surface area contributed by atoms with Crippen molar-refractivity contribution in [2.75, 3.05) is 7.11 Å². The predicted octanol–water partition coefficient (Wildman–Crippen LogP) is 6.04. The first-order valence-electron chi connectivity index (χ1n) is 8.56. The van der Waals surface area contributed by atoms with E-state index in [4.69, 9.17) is 30.5 Å². The molecular weight excluding hydrogens is 362 g/mol. The van der Waals surface area contributed by atoms with Gasteiger partial charge in [0.25, 0.3) is 0 Å². The Balaban J connectivity index is 1.74. The van der Waals surface area contributed by atoms with Gasteiger partial charge in [-0.15, -0.1) is 0 Å². The van der Waals surface area contributed by atoms with Crippen LogP contribution in [-0.4, -0.2) is 12.1 Å². The summed E-state index contributed by atoms with van der Waals surface area (Å²) in [5, 5.41) is 1.38. The summed E-state index contributed by atoms with van der Waals surface area (Å²) in [7, 11) is 1.61. The van der Waals surface area contributed by atoms with Crippen molar-refractivity contribution < 1.29 is 13.9 Å². The fourth-order valence-corrected chi connectivity index (χ4v) is 3.15. The first-order chi connectivity index (χ1) is 13.1. The molecule has 2 heterocycles. The molecule has 0 bridgehead atoms. The molecule has 0 fully saturated rings. The van der Waals surface area contributed by atoms with Gasteiger partial charge in [0, 0.05) is 11.5 Å². The minimum absolute atomic E-state index is 0.438. The molecule has 4 aromatic rings. The molecule has 0 N–H and O–H groups in total. The maximum atomic E-state index is 6.50. The topological polar surface area (TPSA) is 44.5 Å². The van der Waals surface area contributed by atoms with Gasteiger partial charge in [0.05, 0.1) is 17.6 Å². The van der Waals surface area contributed by atoms with E-state index >= 15 is 0 Å². The number of fused-ring (bicyclic) bond motifs is 1. The fraction of sp³-hybridized carbons (Fsp3) is 0.136. The van der Waals surface area contributed by atoms with Crippen molar-refractivity contribution in [2.24, 2.45) is 0 Å². The molecule has 0 atom stereocenters. The second-order valence-corrected chi connectivity index (χ2v) is 6.60. The van der Waals surface area contributed by atoms with E-state index in [9.17, 15) is 0 Å². The number of rotatable bonds is 5.